The van der Waals surface area contributed by atoms with Crippen molar-refractivity contribution in [3.63, 3.8) is 0 Å². The third-order valence-corrected chi connectivity index (χ3v) is 6.60. The first kappa shape index (κ1) is 27.1. The van der Waals surface area contributed by atoms with Gasteiger partial charge in [0, 0.05) is 0 Å². The van der Waals surface area contributed by atoms with Gasteiger partial charge in [0.1, 0.15) is 12.4 Å². The fourth-order valence-electron chi connectivity index (χ4n) is 3.49. The van der Waals surface area contributed by atoms with E-state index in [0.717, 1.165) is 18.2 Å². The molecule has 10 heteroatoms. The number of carbonyl (C=O) groups is 1. The number of anilines is 1. The molecule has 0 bridgehead atoms. The van der Waals surface area contributed by atoms with Crippen molar-refractivity contribution in [2.75, 3.05) is 4.72 Å². The van der Waals surface area contributed by atoms with Gasteiger partial charge < -0.3 is 9.84 Å². The number of hydrogen-bond donors (Lipinski definition) is 2. The van der Waals surface area contributed by atoms with Crippen LogP contribution in [0.5, 0.6) is 5.75 Å². The summed E-state index contributed by atoms with van der Waals surface area (Å²) in [5, 5.41) is 9.01. The lowest BCUT2D eigenvalue weighted by atomic mass is 9.88. The van der Waals surface area contributed by atoms with E-state index in [1.165, 1.54) is 30.3 Å². The van der Waals surface area contributed by atoms with E-state index in [2.05, 4.69) is 4.72 Å². The van der Waals surface area contributed by atoms with E-state index in [9.17, 15) is 26.4 Å². The van der Waals surface area contributed by atoms with Gasteiger partial charge in [-0.1, -0.05) is 51.1 Å². The van der Waals surface area contributed by atoms with Gasteiger partial charge in [-0.2, -0.15) is 13.2 Å². The number of carboxylic acid groups (broad SMARTS) is 1. The zero-order valence-electron chi connectivity index (χ0n) is 19.9. The highest BCUT2D eigenvalue weighted by molar-refractivity contribution is 7.92. The summed E-state index contributed by atoms with van der Waals surface area (Å²) >= 11 is 0. The Morgan fingerprint density at radius 3 is 2.19 bits per heavy atom. The van der Waals surface area contributed by atoms with Gasteiger partial charge in [0.2, 0.25) is 0 Å². The van der Waals surface area contributed by atoms with Gasteiger partial charge in [-0.05, 0) is 59.4 Å². The maximum Gasteiger partial charge on any atom is 0.416 e. The number of alkyl halides is 3. The van der Waals surface area contributed by atoms with E-state index in [0.29, 0.717) is 17.5 Å². The quantitative estimate of drug-likeness (QED) is 0.359. The van der Waals surface area contributed by atoms with Crippen LogP contribution in [-0.4, -0.2) is 19.5 Å². The molecule has 0 saturated heterocycles. The number of benzene rings is 3. The molecule has 0 aliphatic rings. The smallest absolute Gasteiger partial charge is 0.416 e. The second kappa shape index (κ2) is 10.2. The van der Waals surface area contributed by atoms with Crippen molar-refractivity contribution < 1.29 is 36.2 Å². The van der Waals surface area contributed by atoms with Crippen LogP contribution in [0.1, 0.15) is 47.8 Å². The van der Waals surface area contributed by atoms with E-state index >= 15 is 0 Å². The molecular weight excluding hydrogens is 495 g/mol. The molecule has 0 aromatic heterocycles. The number of sulfonamides is 1. The van der Waals surface area contributed by atoms with Gasteiger partial charge >= 0.3 is 12.1 Å². The fourth-order valence-corrected chi connectivity index (χ4v) is 4.80. The molecular formula is C26H26F3NO5S. The SMILES string of the molecule is CC(C)(C)Cc1ccccc1S(=O)(=O)Nc1ccc(C(F)(F)F)cc1OCc1ccc(C(=O)O)cc1. The lowest BCUT2D eigenvalue weighted by Crippen LogP contribution is -2.18. The summed E-state index contributed by atoms with van der Waals surface area (Å²) in [7, 11) is -4.16. The standard InChI is InChI=1S/C26H26F3NO5S/c1-25(2,3)15-19-6-4-5-7-23(19)36(33,34)30-21-13-12-20(26(27,28)29)14-22(21)35-16-17-8-10-18(11-9-17)24(31)32/h4-14,30H,15-16H2,1-3H3,(H,31,32). The number of nitrogens with one attached hydrogen (secondary N) is 1. The number of aromatic carboxylic acids is 1. The highest BCUT2D eigenvalue weighted by Gasteiger charge is 2.32. The molecule has 0 spiro atoms. The Labute approximate surface area is 207 Å². The lowest BCUT2D eigenvalue weighted by molar-refractivity contribution is -0.137. The van der Waals surface area contributed by atoms with Crippen LogP contribution in [-0.2, 0) is 29.2 Å². The Morgan fingerprint density at radius 1 is 0.972 bits per heavy atom. The van der Waals surface area contributed by atoms with E-state index in [4.69, 9.17) is 9.84 Å². The molecule has 0 amide bonds. The molecule has 3 aromatic carbocycles. The van der Waals surface area contributed by atoms with E-state index in [1.807, 2.05) is 20.8 Å². The number of rotatable bonds is 8. The molecule has 0 aliphatic carbocycles. The number of halogens is 3. The Kier molecular flexibility index (Phi) is 7.68. The monoisotopic (exact) mass is 521 g/mol. The molecule has 6 nitrogen and oxygen atoms in total. The van der Waals surface area contributed by atoms with Crippen molar-refractivity contribution in [3.05, 3.63) is 89.0 Å². The van der Waals surface area contributed by atoms with Crippen LogP contribution in [0.2, 0.25) is 0 Å². The Hall–Kier alpha value is -3.53. The minimum atomic E-state index is -4.67. The van der Waals surface area contributed by atoms with Crippen molar-refractivity contribution in [2.24, 2.45) is 5.41 Å². The van der Waals surface area contributed by atoms with Gasteiger partial charge in [-0.25, -0.2) is 13.2 Å². The Morgan fingerprint density at radius 2 is 1.61 bits per heavy atom. The van der Waals surface area contributed by atoms with Gasteiger partial charge in [-0.15, -0.1) is 0 Å². The zero-order chi connectivity index (χ0) is 26.7. The average Bonchev–Trinajstić information content (AvgIpc) is 2.77. The predicted octanol–water partition coefficient (Wildman–Crippen LogP) is 6.37. The molecule has 3 aromatic rings. The molecule has 0 atom stereocenters. The van der Waals surface area contributed by atoms with E-state index < -0.39 is 27.7 Å². The Balaban J connectivity index is 1.95. The third kappa shape index (κ3) is 7.00. The number of ether oxygens (including phenoxy) is 1. The molecule has 0 saturated carbocycles. The highest BCUT2D eigenvalue weighted by atomic mass is 32.2. The fraction of sp³-hybridized carbons (Fsp3) is 0.269. The number of hydrogen-bond acceptors (Lipinski definition) is 4. The first-order chi connectivity index (χ1) is 16.7. The summed E-state index contributed by atoms with van der Waals surface area (Å²) in [6.07, 6.45) is -4.20. The van der Waals surface area contributed by atoms with Crippen molar-refractivity contribution in [3.8, 4) is 5.75 Å². The minimum absolute atomic E-state index is 0.0232. The summed E-state index contributed by atoms with van der Waals surface area (Å²) in [4.78, 5) is 11.0. The molecule has 2 N–H and O–H groups in total. The second-order valence-corrected chi connectivity index (χ2v) is 11.1. The molecule has 0 fully saturated rings. The Bertz CT molecular complexity index is 1350. The van der Waals surface area contributed by atoms with Crippen molar-refractivity contribution >= 4 is 21.7 Å². The maximum absolute atomic E-state index is 13.3. The van der Waals surface area contributed by atoms with Gasteiger partial charge in [0.25, 0.3) is 10.0 Å². The minimum Gasteiger partial charge on any atom is -0.487 e. The molecule has 3 rings (SSSR count). The zero-order valence-corrected chi connectivity index (χ0v) is 20.7. The molecule has 0 unspecified atom stereocenters. The van der Waals surface area contributed by atoms with Crippen molar-refractivity contribution in [1.82, 2.24) is 0 Å². The molecule has 36 heavy (non-hydrogen) atoms. The molecule has 0 heterocycles. The van der Waals surface area contributed by atoms with E-state index in [1.54, 1.807) is 18.2 Å². The normalized spacial score (nSPS) is 12.3. The summed E-state index contributed by atoms with van der Waals surface area (Å²) in [6, 6.07) is 14.5. The van der Waals surface area contributed by atoms with Crippen molar-refractivity contribution in [1.29, 1.82) is 0 Å². The van der Waals surface area contributed by atoms with Gasteiger partial charge in [-0.3, -0.25) is 4.72 Å². The third-order valence-electron chi connectivity index (χ3n) is 5.13. The second-order valence-electron chi connectivity index (χ2n) is 9.45. The molecule has 0 radical (unpaired) electrons. The van der Waals surface area contributed by atoms with Crippen LogP contribution in [0.4, 0.5) is 18.9 Å². The first-order valence-corrected chi connectivity index (χ1v) is 12.4. The molecule has 192 valence electrons. The summed E-state index contributed by atoms with van der Waals surface area (Å²) in [5.41, 5.74) is -0.261. The van der Waals surface area contributed by atoms with Gasteiger partial charge in [0.15, 0.2) is 0 Å². The van der Waals surface area contributed by atoms with Crippen LogP contribution in [0.15, 0.2) is 71.6 Å². The first-order valence-electron chi connectivity index (χ1n) is 10.9. The highest BCUT2D eigenvalue weighted by Crippen LogP contribution is 2.37. The van der Waals surface area contributed by atoms with Gasteiger partial charge in [0.05, 0.1) is 21.7 Å². The topological polar surface area (TPSA) is 92.7 Å². The van der Waals surface area contributed by atoms with E-state index in [-0.39, 0.29) is 33.9 Å². The summed E-state index contributed by atoms with van der Waals surface area (Å²) < 4.78 is 74.5. The lowest BCUT2D eigenvalue weighted by Gasteiger charge is -2.21. The van der Waals surface area contributed by atoms with Crippen molar-refractivity contribution in [2.45, 2.75) is 44.9 Å². The number of carboxylic acids is 1. The summed E-state index contributed by atoms with van der Waals surface area (Å²) in [6.45, 7) is 5.69. The molecule has 0 aliphatic heterocycles. The predicted molar refractivity (Wildman–Crippen MR) is 130 cm³/mol. The summed E-state index contributed by atoms with van der Waals surface area (Å²) in [5.74, 6) is -1.44. The average molecular weight is 522 g/mol. The maximum atomic E-state index is 13.3. The van der Waals surface area contributed by atoms with Crippen LogP contribution < -0.4 is 9.46 Å². The van der Waals surface area contributed by atoms with Crippen LogP contribution >= 0.6 is 0 Å². The van der Waals surface area contributed by atoms with Crippen LogP contribution in [0, 0.1) is 5.41 Å². The largest absolute Gasteiger partial charge is 0.487 e. The van der Waals surface area contributed by atoms with Crippen LogP contribution in [0.3, 0.4) is 0 Å². The van der Waals surface area contributed by atoms with Crippen LogP contribution in [0.25, 0.3) is 0 Å².